The van der Waals surface area contributed by atoms with Gasteiger partial charge in [-0.05, 0) is 31.2 Å². The third kappa shape index (κ3) is 3.72. The van der Waals surface area contributed by atoms with Crippen LogP contribution in [0.2, 0.25) is 0 Å². The molecule has 1 saturated heterocycles. The van der Waals surface area contributed by atoms with Crippen molar-refractivity contribution in [2.24, 2.45) is 0 Å². The Balaban J connectivity index is 1.64. The summed E-state index contributed by atoms with van der Waals surface area (Å²) in [4.78, 5) is 10.9. The van der Waals surface area contributed by atoms with Crippen molar-refractivity contribution in [3.05, 3.63) is 58.5 Å². The number of sulfonamides is 1. The summed E-state index contributed by atoms with van der Waals surface area (Å²) in [5, 5.41) is 22.9. The summed E-state index contributed by atoms with van der Waals surface area (Å²) in [6, 6.07) is 8.92. The summed E-state index contributed by atoms with van der Waals surface area (Å²) < 4.78 is 33.9. The predicted molar refractivity (Wildman–Crippen MR) is 108 cm³/mol. The van der Waals surface area contributed by atoms with Gasteiger partial charge in [0, 0.05) is 25.4 Å². The first-order valence-electron chi connectivity index (χ1n) is 9.30. The molecule has 1 aliphatic heterocycles. The maximum atomic E-state index is 12.8. The van der Waals surface area contributed by atoms with Crippen molar-refractivity contribution in [3.8, 4) is 0 Å². The van der Waals surface area contributed by atoms with Crippen molar-refractivity contribution in [2.75, 3.05) is 31.6 Å². The summed E-state index contributed by atoms with van der Waals surface area (Å²) in [5.74, 6) is 0.574. The number of nitro groups is 1. The average molecular weight is 432 g/mol. The number of nitrogens with one attached hydrogen (secondary N) is 1. The molecule has 0 aliphatic carbocycles. The Morgan fingerprint density at radius 3 is 2.70 bits per heavy atom. The van der Waals surface area contributed by atoms with Gasteiger partial charge in [-0.2, -0.15) is 4.31 Å². The van der Waals surface area contributed by atoms with E-state index in [2.05, 4.69) is 15.5 Å². The lowest BCUT2D eigenvalue weighted by Crippen LogP contribution is -2.40. The number of morpholine rings is 1. The van der Waals surface area contributed by atoms with Crippen LogP contribution < -0.4 is 5.32 Å². The Bertz CT molecular complexity index is 1190. The number of ether oxygens (including phenoxy) is 1. The molecule has 3 aromatic rings. The molecule has 4 rings (SSSR count). The number of nitro benzene ring substituents is 1. The fourth-order valence-electron chi connectivity index (χ4n) is 3.33. The number of anilines is 1. The van der Waals surface area contributed by atoms with Crippen molar-refractivity contribution < 1.29 is 18.1 Å². The van der Waals surface area contributed by atoms with Gasteiger partial charge in [0.2, 0.25) is 10.0 Å². The van der Waals surface area contributed by atoms with Crippen molar-refractivity contribution in [2.45, 2.75) is 17.9 Å². The molecular formula is C18H20N6O5S. The molecular weight excluding hydrogens is 412 g/mol. The van der Waals surface area contributed by atoms with Crippen LogP contribution in [-0.4, -0.2) is 58.5 Å². The standard InChI is InChI=1S/C18H20N6O5S/c1-13(18-21-20-17-4-2-3-7-23(17)18)19-15-6-5-14(12-16(15)24(25)26)30(27,28)22-8-10-29-11-9-22/h2-7,12-13,19H,8-11H2,1H3. The van der Waals surface area contributed by atoms with Crippen LogP contribution in [0.15, 0.2) is 47.5 Å². The van der Waals surface area contributed by atoms with Crippen LogP contribution >= 0.6 is 0 Å². The van der Waals surface area contributed by atoms with E-state index in [9.17, 15) is 18.5 Å². The molecule has 0 bridgehead atoms. The molecule has 1 atom stereocenters. The second-order valence-corrected chi connectivity index (χ2v) is 8.74. The van der Waals surface area contributed by atoms with Gasteiger partial charge in [0.05, 0.1) is 29.1 Å². The van der Waals surface area contributed by atoms with Gasteiger partial charge in [-0.25, -0.2) is 8.42 Å². The maximum absolute atomic E-state index is 12.8. The molecule has 1 aliphatic rings. The van der Waals surface area contributed by atoms with Crippen molar-refractivity contribution in [3.63, 3.8) is 0 Å². The third-order valence-corrected chi connectivity index (χ3v) is 6.77. The average Bonchev–Trinajstić information content (AvgIpc) is 3.18. The van der Waals surface area contributed by atoms with Crippen LogP contribution in [0.5, 0.6) is 0 Å². The quantitative estimate of drug-likeness (QED) is 0.461. The summed E-state index contributed by atoms with van der Waals surface area (Å²) in [7, 11) is -3.84. The van der Waals surface area contributed by atoms with Gasteiger partial charge in [-0.3, -0.25) is 14.5 Å². The Labute approximate surface area is 172 Å². The minimum Gasteiger partial charge on any atom is -0.379 e. The fraction of sp³-hybridized carbons (Fsp3) is 0.333. The van der Waals surface area contributed by atoms with E-state index in [0.717, 1.165) is 6.07 Å². The van der Waals surface area contributed by atoms with E-state index in [0.29, 0.717) is 24.7 Å². The zero-order valence-corrected chi connectivity index (χ0v) is 16.9. The second kappa shape index (κ2) is 7.97. The molecule has 30 heavy (non-hydrogen) atoms. The number of aromatic nitrogens is 3. The van der Waals surface area contributed by atoms with Crippen LogP contribution in [0, 0.1) is 10.1 Å². The van der Waals surface area contributed by atoms with Crippen LogP contribution in [0.4, 0.5) is 11.4 Å². The second-order valence-electron chi connectivity index (χ2n) is 6.81. The van der Waals surface area contributed by atoms with E-state index < -0.39 is 21.0 Å². The molecule has 158 valence electrons. The highest BCUT2D eigenvalue weighted by atomic mass is 32.2. The van der Waals surface area contributed by atoms with Gasteiger partial charge in [0.25, 0.3) is 5.69 Å². The van der Waals surface area contributed by atoms with Crippen LogP contribution in [-0.2, 0) is 14.8 Å². The number of rotatable bonds is 6. The molecule has 3 heterocycles. The molecule has 0 spiro atoms. The number of nitrogens with zero attached hydrogens (tertiary/aromatic N) is 5. The van der Waals surface area contributed by atoms with E-state index >= 15 is 0 Å². The summed E-state index contributed by atoms with van der Waals surface area (Å²) >= 11 is 0. The first-order valence-corrected chi connectivity index (χ1v) is 10.7. The van der Waals surface area contributed by atoms with Gasteiger partial charge in [-0.15, -0.1) is 10.2 Å². The van der Waals surface area contributed by atoms with Crippen LogP contribution in [0.25, 0.3) is 5.65 Å². The van der Waals surface area contributed by atoms with E-state index in [1.54, 1.807) is 23.6 Å². The van der Waals surface area contributed by atoms with Crippen molar-refractivity contribution >= 4 is 27.0 Å². The minimum absolute atomic E-state index is 0.123. The molecule has 2 aromatic heterocycles. The molecule has 0 radical (unpaired) electrons. The van der Waals surface area contributed by atoms with Crippen LogP contribution in [0.1, 0.15) is 18.8 Å². The molecule has 12 heteroatoms. The molecule has 1 unspecified atom stereocenters. The smallest absolute Gasteiger partial charge is 0.293 e. The highest BCUT2D eigenvalue weighted by molar-refractivity contribution is 7.89. The minimum atomic E-state index is -3.84. The normalized spacial score (nSPS) is 16.4. The molecule has 0 saturated carbocycles. The van der Waals surface area contributed by atoms with E-state index in [1.165, 1.54) is 16.4 Å². The highest BCUT2D eigenvalue weighted by Gasteiger charge is 2.29. The predicted octanol–water partition coefficient (Wildman–Crippen LogP) is 1.83. The summed E-state index contributed by atoms with van der Waals surface area (Å²) in [6.07, 6.45) is 1.80. The maximum Gasteiger partial charge on any atom is 0.293 e. The lowest BCUT2D eigenvalue weighted by atomic mass is 10.2. The first-order chi connectivity index (χ1) is 14.4. The fourth-order valence-corrected chi connectivity index (χ4v) is 4.76. The van der Waals surface area contributed by atoms with E-state index in [4.69, 9.17) is 4.74 Å². The van der Waals surface area contributed by atoms with Gasteiger partial charge >= 0.3 is 0 Å². The van der Waals surface area contributed by atoms with Crippen LogP contribution in [0.3, 0.4) is 0 Å². The third-order valence-electron chi connectivity index (χ3n) is 4.87. The number of fused-ring (bicyclic) bond motifs is 1. The summed E-state index contributed by atoms with van der Waals surface area (Å²) in [6.45, 7) is 2.82. The molecule has 1 N–H and O–H groups in total. The largest absolute Gasteiger partial charge is 0.379 e. The lowest BCUT2D eigenvalue weighted by Gasteiger charge is -2.26. The Morgan fingerprint density at radius 1 is 1.20 bits per heavy atom. The molecule has 1 aromatic carbocycles. The van der Waals surface area contributed by atoms with Crippen molar-refractivity contribution in [1.82, 2.24) is 18.9 Å². The highest BCUT2D eigenvalue weighted by Crippen LogP contribution is 2.31. The van der Waals surface area contributed by atoms with Gasteiger partial charge in [0.15, 0.2) is 11.5 Å². The summed E-state index contributed by atoms with van der Waals surface area (Å²) in [5.41, 5.74) is 0.522. The van der Waals surface area contributed by atoms with Gasteiger partial charge in [0.1, 0.15) is 5.69 Å². The van der Waals surface area contributed by atoms with E-state index in [1.807, 2.05) is 12.1 Å². The molecule has 0 amide bonds. The Kier molecular flexibility index (Phi) is 5.37. The first kappa shape index (κ1) is 20.2. The monoisotopic (exact) mass is 432 g/mol. The van der Waals surface area contributed by atoms with Gasteiger partial charge in [-0.1, -0.05) is 6.07 Å². The van der Waals surface area contributed by atoms with Crippen molar-refractivity contribution in [1.29, 1.82) is 0 Å². The lowest BCUT2D eigenvalue weighted by molar-refractivity contribution is -0.384. The topological polar surface area (TPSA) is 132 Å². The van der Waals surface area contributed by atoms with Gasteiger partial charge < -0.3 is 10.1 Å². The number of benzene rings is 1. The Morgan fingerprint density at radius 2 is 1.97 bits per heavy atom. The number of hydrogen-bond acceptors (Lipinski definition) is 8. The molecule has 11 nitrogen and oxygen atoms in total. The zero-order chi connectivity index (χ0) is 21.3. The SMILES string of the molecule is CC(Nc1ccc(S(=O)(=O)N2CCOCC2)cc1[N+](=O)[O-])c1nnc2ccccn12. The molecule has 1 fully saturated rings. The van der Waals surface area contributed by atoms with E-state index in [-0.39, 0.29) is 29.4 Å². The number of hydrogen-bond donors (Lipinski definition) is 1. The number of pyridine rings is 1. The Hall–Kier alpha value is -3.09. The zero-order valence-electron chi connectivity index (χ0n) is 16.1.